The number of rotatable bonds is 9. The molecule has 10 aromatic rings. The van der Waals surface area contributed by atoms with Gasteiger partial charge in [0.25, 0.3) is 0 Å². The first-order valence-electron chi connectivity index (χ1n) is 20.5. The highest BCUT2D eigenvalue weighted by Crippen LogP contribution is 2.46. The highest BCUT2D eigenvalue weighted by Gasteiger charge is 2.19. The van der Waals surface area contributed by atoms with Crippen LogP contribution in [-0.4, -0.2) is 5.84 Å². The number of nitrogens with two attached hydrogens (primary N) is 1. The molecule has 0 saturated carbocycles. The van der Waals surface area contributed by atoms with Gasteiger partial charge in [0, 0.05) is 5.56 Å². The van der Waals surface area contributed by atoms with Gasteiger partial charge in [0.15, 0.2) is 0 Å². The molecule has 0 unspecified atom stereocenters. The first-order valence-corrected chi connectivity index (χ1v) is 20.5. The molecular weight excluding hydrogens is 725 g/mol. The van der Waals surface area contributed by atoms with Gasteiger partial charge in [0.2, 0.25) is 0 Å². The van der Waals surface area contributed by atoms with Crippen LogP contribution in [0.2, 0.25) is 0 Å². The van der Waals surface area contributed by atoms with Crippen molar-refractivity contribution in [2.75, 3.05) is 0 Å². The van der Waals surface area contributed by atoms with Crippen molar-refractivity contribution in [2.45, 2.75) is 6.42 Å². The lowest BCUT2D eigenvalue weighted by atomic mass is 9.84. The molecule has 284 valence electrons. The van der Waals surface area contributed by atoms with Crippen LogP contribution in [0.25, 0.3) is 82.5 Å². The molecule has 2 N–H and O–H groups in total. The van der Waals surface area contributed by atoms with Crippen LogP contribution in [0, 0.1) is 0 Å². The summed E-state index contributed by atoms with van der Waals surface area (Å²) in [6.07, 6.45) is 2.89. The molecule has 0 radical (unpaired) electrons. The number of fused-ring (bicyclic) bond motifs is 4. The quantitative estimate of drug-likeness (QED) is 0.0676. The molecule has 0 heterocycles. The van der Waals surface area contributed by atoms with Gasteiger partial charge in [-0.25, -0.2) is 4.99 Å². The van der Waals surface area contributed by atoms with Crippen molar-refractivity contribution in [3.63, 3.8) is 0 Å². The molecule has 0 bridgehead atoms. The van der Waals surface area contributed by atoms with Gasteiger partial charge in [0.05, 0.1) is 5.70 Å². The van der Waals surface area contributed by atoms with E-state index in [1.807, 2.05) is 30.3 Å². The molecule has 0 aliphatic rings. The summed E-state index contributed by atoms with van der Waals surface area (Å²) in [6, 6.07) is 80.0. The summed E-state index contributed by atoms with van der Waals surface area (Å²) >= 11 is 0. The van der Waals surface area contributed by atoms with Crippen LogP contribution in [0.15, 0.2) is 236 Å². The van der Waals surface area contributed by atoms with E-state index in [0.717, 1.165) is 22.4 Å². The van der Waals surface area contributed by atoms with Crippen LogP contribution in [0.5, 0.6) is 0 Å². The monoisotopic (exact) mass is 766 g/mol. The van der Waals surface area contributed by atoms with Crippen LogP contribution in [0.4, 0.5) is 0 Å². The third-order valence-corrected chi connectivity index (χ3v) is 11.5. The van der Waals surface area contributed by atoms with E-state index in [1.165, 1.54) is 76.8 Å². The number of amidine groups is 1. The van der Waals surface area contributed by atoms with Crippen LogP contribution in [0.1, 0.15) is 16.7 Å². The summed E-state index contributed by atoms with van der Waals surface area (Å²) in [6.45, 7) is 0. The number of nitrogens with zero attached hydrogens (tertiary/aromatic N) is 1. The third-order valence-electron chi connectivity index (χ3n) is 11.5. The van der Waals surface area contributed by atoms with Crippen LogP contribution >= 0.6 is 0 Å². The largest absolute Gasteiger partial charge is 0.383 e. The number of aliphatic imine (C=N–C) groups is 1. The number of hydrogen-bond donors (Lipinski definition) is 1. The number of allylic oxidation sites excluding steroid dienone is 1. The van der Waals surface area contributed by atoms with Gasteiger partial charge in [-0.2, -0.15) is 0 Å². The zero-order chi connectivity index (χ0) is 40.3. The Balaban J connectivity index is 1.13. The average molecular weight is 767 g/mol. The minimum Gasteiger partial charge on any atom is -0.383 e. The maximum absolute atomic E-state index is 6.77. The molecule has 0 fully saturated rings. The molecule has 60 heavy (non-hydrogen) atoms. The molecular formula is C58H42N2. The van der Waals surface area contributed by atoms with Gasteiger partial charge in [-0.15, -0.1) is 0 Å². The fraction of sp³-hybridized carbons (Fsp3) is 0.0172. The standard InChI is InChI=1S/C58H42N2/c59-58(47-24-11-4-12-25-47)60-54(36-29-40-37-48(41-17-5-1-6-18-41)39-49(38-40)42-19-7-2-8-20-42)44-30-32-46(33-31-44)56-52-28-16-15-27-51(52)55(45-22-9-3-10-23-45)53-35-34-43-21-13-14-26-50(43)57(53)56/h1-28,30-39H,29H2,(H2,59,60)/b54-36-. The molecule has 0 atom stereocenters. The molecule has 0 aliphatic carbocycles. The smallest absolute Gasteiger partial charge is 0.131 e. The Kier molecular flexibility index (Phi) is 9.87. The number of hydrogen-bond acceptors (Lipinski definition) is 1. The van der Waals surface area contributed by atoms with E-state index in [0.29, 0.717) is 12.3 Å². The highest BCUT2D eigenvalue weighted by molar-refractivity contribution is 6.27. The molecule has 10 rings (SSSR count). The molecule has 0 aliphatic heterocycles. The average Bonchev–Trinajstić information content (AvgIpc) is 3.33. The molecule has 2 nitrogen and oxygen atoms in total. The lowest BCUT2D eigenvalue weighted by Crippen LogP contribution is -2.13. The van der Waals surface area contributed by atoms with Crippen molar-refractivity contribution in [3.05, 3.63) is 247 Å². The van der Waals surface area contributed by atoms with E-state index >= 15 is 0 Å². The predicted octanol–water partition coefficient (Wildman–Crippen LogP) is 14.8. The van der Waals surface area contributed by atoms with Crippen molar-refractivity contribution >= 4 is 43.9 Å². The summed E-state index contributed by atoms with van der Waals surface area (Å²) < 4.78 is 0. The van der Waals surface area contributed by atoms with Crippen molar-refractivity contribution in [2.24, 2.45) is 10.7 Å². The van der Waals surface area contributed by atoms with Gasteiger partial charge < -0.3 is 5.73 Å². The first kappa shape index (κ1) is 36.5. The second-order valence-corrected chi connectivity index (χ2v) is 15.3. The minimum atomic E-state index is 0.480. The Morgan fingerprint density at radius 1 is 0.383 bits per heavy atom. The van der Waals surface area contributed by atoms with Crippen LogP contribution in [0.3, 0.4) is 0 Å². The van der Waals surface area contributed by atoms with Gasteiger partial charge in [-0.1, -0.05) is 224 Å². The fourth-order valence-electron chi connectivity index (χ4n) is 8.62. The molecule has 0 spiro atoms. The van der Waals surface area contributed by atoms with Gasteiger partial charge in [-0.3, -0.25) is 0 Å². The summed E-state index contributed by atoms with van der Waals surface area (Å²) in [7, 11) is 0. The van der Waals surface area contributed by atoms with E-state index in [1.54, 1.807) is 0 Å². The summed E-state index contributed by atoms with van der Waals surface area (Å²) in [5, 5.41) is 7.42. The predicted molar refractivity (Wildman–Crippen MR) is 256 cm³/mol. The van der Waals surface area contributed by atoms with E-state index in [9.17, 15) is 0 Å². The van der Waals surface area contributed by atoms with Gasteiger partial charge >= 0.3 is 0 Å². The highest BCUT2D eigenvalue weighted by atomic mass is 14.9. The van der Waals surface area contributed by atoms with Crippen molar-refractivity contribution in [1.82, 2.24) is 0 Å². The fourth-order valence-corrected chi connectivity index (χ4v) is 8.62. The third kappa shape index (κ3) is 7.16. The maximum Gasteiger partial charge on any atom is 0.131 e. The molecule has 2 heteroatoms. The van der Waals surface area contributed by atoms with Crippen molar-refractivity contribution < 1.29 is 0 Å². The van der Waals surface area contributed by atoms with Crippen LogP contribution < -0.4 is 5.73 Å². The van der Waals surface area contributed by atoms with Crippen LogP contribution in [-0.2, 0) is 6.42 Å². The Labute approximate surface area is 351 Å². The first-order chi connectivity index (χ1) is 29.7. The van der Waals surface area contributed by atoms with E-state index in [-0.39, 0.29) is 0 Å². The van der Waals surface area contributed by atoms with Crippen molar-refractivity contribution in [3.8, 4) is 44.5 Å². The zero-order valence-electron chi connectivity index (χ0n) is 33.2. The second-order valence-electron chi connectivity index (χ2n) is 15.3. The summed E-state index contributed by atoms with van der Waals surface area (Å²) in [5.41, 5.74) is 20.3. The van der Waals surface area contributed by atoms with E-state index in [4.69, 9.17) is 10.7 Å². The number of benzene rings is 10. The van der Waals surface area contributed by atoms with Crippen molar-refractivity contribution in [1.29, 1.82) is 0 Å². The maximum atomic E-state index is 6.77. The Morgan fingerprint density at radius 3 is 1.50 bits per heavy atom. The minimum absolute atomic E-state index is 0.480. The Bertz CT molecular complexity index is 3130. The molecule has 10 aromatic carbocycles. The topological polar surface area (TPSA) is 38.4 Å². The summed E-state index contributed by atoms with van der Waals surface area (Å²) in [5.74, 6) is 0.480. The Hall–Kier alpha value is -7.81. The zero-order valence-corrected chi connectivity index (χ0v) is 33.2. The Morgan fingerprint density at radius 2 is 0.883 bits per heavy atom. The summed E-state index contributed by atoms with van der Waals surface area (Å²) in [4.78, 5) is 5.14. The molecule has 0 saturated heterocycles. The van der Waals surface area contributed by atoms with Gasteiger partial charge in [0.1, 0.15) is 5.84 Å². The normalized spacial score (nSPS) is 12.0. The van der Waals surface area contributed by atoms with Gasteiger partial charge in [-0.05, 0) is 100 Å². The van der Waals surface area contributed by atoms with E-state index < -0.39 is 0 Å². The van der Waals surface area contributed by atoms with E-state index in [2.05, 4.69) is 200 Å². The molecule has 0 aromatic heterocycles. The SMILES string of the molecule is NC(=N/C(=C\Cc1cc(-c2ccccc2)cc(-c2ccccc2)c1)c1ccc(-c2c3ccccc3c(-c3ccccc3)c3ccc4ccccc4c23)cc1)c1ccccc1. The lowest BCUT2D eigenvalue weighted by Gasteiger charge is -2.19. The molecule has 0 amide bonds. The lowest BCUT2D eigenvalue weighted by molar-refractivity contribution is 1.26. The second kappa shape index (κ2) is 16.2.